The summed E-state index contributed by atoms with van der Waals surface area (Å²) in [6, 6.07) is 0. The maximum atomic E-state index is 11.9. The zero-order valence-corrected chi connectivity index (χ0v) is 13.9. The highest BCUT2D eigenvalue weighted by molar-refractivity contribution is 5.70. The summed E-state index contributed by atoms with van der Waals surface area (Å²) in [7, 11) is 1.52. The molecule has 0 amide bonds. The fourth-order valence-electron chi connectivity index (χ4n) is 2.79. The van der Waals surface area contributed by atoms with Gasteiger partial charge in [-0.05, 0) is 6.92 Å². The van der Waals surface area contributed by atoms with Crippen LogP contribution >= 0.6 is 0 Å². The van der Waals surface area contributed by atoms with Gasteiger partial charge in [-0.25, -0.2) is 4.98 Å². The summed E-state index contributed by atoms with van der Waals surface area (Å²) >= 11 is 0. The number of nitrogens with two attached hydrogens (primary N) is 1. The molecule has 1 saturated heterocycles. The number of imidazole rings is 1. The Morgan fingerprint density at radius 1 is 1.52 bits per heavy atom. The third-order valence-electron chi connectivity index (χ3n) is 3.91. The van der Waals surface area contributed by atoms with Crippen molar-refractivity contribution in [3.05, 3.63) is 16.7 Å². The van der Waals surface area contributed by atoms with E-state index in [1.54, 1.807) is 0 Å². The Hall–Kier alpha value is -2.05. The minimum atomic E-state index is -1.04. The predicted octanol–water partition coefficient (Wildman–Crippen LogP) is -1.01. The quantitative estimate of drug-likeness (QED) is 0.419. The molecule has 4 unspecified atom stereocenters. The SMILES string of the molecule is CCOCOC1C(COC)OC(n2cnc3c(=O)[nH]c(N)nc32)C1O. The van der Waals surface area contributed by atoms with Crippen LogP contribution in [0.5, 0.6) is 0 Å². The standard InChI is InChI=1S/C14H21N5O6/c1-3-23-6-24-10-7(4-22-2)25-13(9(10)20)19-5-16-8-11(19)17-14(15)18-12(8)21/h5,7,9-10,13,20H,3-4,6H2,1-2H3,(H3,15,17,18,21). The molecule has 11 nitrogen and oxygen atoms in total. The second-order valence-corrected chi connectivity index (χ2v) is 5.53. The molecule has 0 spiro atoms. The summed E-state index contributed by atoms with van der Waals surface area (Å²) in [4.78, 5) is 22.4. The van der Waals surface area contributed by atoms with Crippen LogP contribution < -0.4 is 11.3 Å². The van der Waals surface area contributed by atoms with E-state index >= 15 is 0 Å². The van der Waals surface area contributed by atoms with Crippen LogP contribution in [0.3, 0.4) is 0 Å². The smallest absolute Gasteiger partial charge is 0.280 e. The van der Waals surface area contributed by atoms with Gasteiger partial charge in [0.15, 0.2) is 17.4 Å². The first-order valence-electron chi connectivity index (χ1n) is 7.81. The van der Waals surface area contributed by atoms with Gasteiger partial charge in [-0.3, -0.25) is 14.3 Å². The maximum absolute atomic E-state index is 11.9. The van der Waals surface area contributed by atoms with E-state index in [0.717, 1.165) is 0 Å². The van der Waals surface area contributed by atoms with Gasteiger partial charge in [0.1, 0.15) is 25.1 Å². The third kappa shape index (κ3) is 3.37. The lowest BCUT2D eigenvalue weighted by Crippen LogP contribution is -2.37. The summed E-state index contributed by atoms with van der Waals surface area (Å²) in [5, 5.41) is 10.7. The number of hydrogen-bond acceptors (Lipinski definition) is 9. The van der Waals surface area contributed by atoms with Crippen molar-refractivity contribution in [2.75, 3.05) is 32.9 Å². The van der Waals surface area contributed by atoms with Gasteiger partial charge in [-0.15, -0.1) is 0 Å². The summed E-state index contributed by atoms with van der Waals surface area (Å²) in [6.07, 6.45) is -1.73. The molecule has 0 bridgehead atoms. The number of anilines is 1. The van der Waals surface area contributed by atoms with Crippen LogP contribution in [-0.2, 0) is 18.9 Å². The highest BCUT2D eigenvalue weighted by Crippen LogP contribution is 2.33. The number of fused-ring (bicyclic) bond motifs is 1. The van der Waals surface area contributed by atoms with Crippen molar-refractivity contribution in [1.82, 2.24) is 19.5 Å². The van der Waals surface area contributed by atoms with Crippen molar-refractivity contribution in [3.8, 4) is 0 Å². The first-order valence-corrected chi connectivity index (χ1v) is 7.81. The van der Waals surface area contributed by atoms with Gasteiger partial charge in [0, 0.05) is 13.7 Å². The number of hydrogen-bond donors (Lipinski definition) is 3. The number of nitrogens with zero attached hydrogens (tertiary/aromatic N) is 3. The Balaban J connectivity index is 1.90. The molecule has 3 heterocycles. The zero-order chi connectivity index (χ0) is 18.0. The normalized spacial score (nSPS) is 26.5. The van der Waals surface area contributed by atoms with E-state index in [2.05, 4.69) is 15.0 Å². The Kier molecular flexibility index (Phi) is 5.30. The van der Waals surface area contributed by atoms with Crippen molar-refractivity contribution in [3.63, 3.8) is 0 Å². The highest BCUT2D eigenvalue weighted by Gasteiger charge is 2.46. The Morgan fingerprint density at radius 3 is 3.04 bits per heavy atom. The average Bonchev–Trinajstić information content (AvgIpc) is 3.11. The summed E-state index contributed by atoms with van der Waals surface area (Å²) < 4.78 is 23.2. The molecule has 4 atom stereocenters. The number of aliphatic hydroxyl groups excluding tert-OH is 1. The van der Waals surface area contributed by atoms with Gasteiger partial charge in [0.2, 0.25) is 5.95 Å². The lowest BCUT2D eigenvalue weighted by molar-refractivity contribution is -0.131. The van der Waals surface area contributed by atoms with E-state index < -0.39 is 30.1 Å². The largest absolute Gasteiger partial charge is 0.386 e. The minimum Gasteiger partial charge on any atom is -0.386 e. The van der Waals surface area contributed by atoms with Crippen LogP contribution in [0.2, 0.25) is 0 Å². The second kappa shape index (κ2) is 7.45. The molecular formula is C14H21N5O6. The Bertz CT molecular complexity index is 777. The Labute approximate surface area is 142 Å². The number of aromatic nitrogens is 4. The fraction of sp³-hybridized carbons (Fsp3) is 0.643. The number of ether oxygens (including phenoxy) is 4. The van der Waals surface area contributed by atoms with Gasteiger partial charge in [-0.2, -0.15) is 4.98 Å². The van der Waals surface area contributed by atoms with E-state index in [0.29, 0.717) is 6.61 Å². The zero-order valence-electron chi connectivity index (χ0n) is 13.9. The van der Waals surface area contributed by atoms with Gasteiger partial charge in [-0.1, -0.05) is 0 Å². The second-order valence-electron chi connectivity index (χ2n) is 5.53. The van der Waals surface area contributed by atoms with Crippen LogP contribution in [0.25, 0.3) is 11.2 Å². The molecule has 1 aliphatic rings. The molecule has 4 N–H and O–H groups in total. The van der Waals surface area contributed by atoms with E-state index in [4.69, 9.17) is 24.7 Å². The number of nitrogens with one attached hydrogen (secondary N) is 1. The van der Waals surface area contributed by atoms with Gasteiger partial charge in [0.05, 0.1) is 12.9 Å². The number of H-pyrrole nitrogens is 1. The molecule has 2 aromatic heterocycles. The summed E-state index contributed by atoms with van der Waals surface area (Å²) in [6.45, 7) is 2.56. The van der Waals surface area contributed by atoms with E-state index in [1.807, 2.05) is 6.92 Å². The van der Waals surface area contributed by atoms with Crippen LogP contribution in [0.4, 0.5) is 5.95 Å². The molecule has 3 rings (SSSR count). The first-order chi connectivity index (χ1) is 12.1. The number of rotatable bonds is 7. The fourth-order valence-corrected chi connectivity index (χ4v) is 2.79. The molecule has 0 radical (unpaired) electrons. The molecule has 2 aromatic rings. The minimum absolute atomic E-state index is 0.0179. The molecule has 25 heavy (non-hydrogen) atoms. The van der Waals surface area contributed by atoms with Crippen LogP contribution in [0, 0.1) is 0 Å². The monoisotopic (exact) mass is 355 g/mol. The molecule has 1 aliphatic heterocycles. The lowest BCUT2D eigenvalue weighted by Gasteiger charge is -2.20. The van der Waals surface area contributed by atoms with E-state index in [-0.39, 0.29) is 30.5 Å². The average molecular weight is 355 g/mol. The first kappa shape index (κ1) is 17.8. The maximum Gasteiger partial charge on any atom is 0.280 e. The summed E-state index contributed by atoms with van der Waals surface area (Å²) in [5.41, 5.74) is 5.45. The highest BCUT2D eigenvalue weighted by atomic mass is 16.7. The predicted molar refractivity (Wildman–Crippen MR) is 85.7 cm³/mol. The molecule has 0 aromatic carbocycles. The molecule has 0 saturated carbocycles. The number of methoxy groups -OCH3 is 1. The number of aromatic amines is 1. The molecule has 11 heteroatoms. The lowest BCUT2D eigenvalue weighted by atomic mass is 10.1. The van der Waals surface area contributed by atoms with Crippen LogP contribution in [-0.4, -0.2) is 70.1 Å². The van der Waals surface area contributed by atoms with Crippen molar-refractivity contribution < 1.29 is 24.1 Å². The number of aliphatic hydroxyl groups is 1. The van der Waals surface area contributed by atoms with Crippen molar-refractivity contribution in [2.45, 2.75) is 31.5 Å². The molecule has 0 aliphatic carbocycles. The van der Waals surface area contributed by atoms with Gasteiger partial charge in [0.25, 0.3) is 5.56 Å². The molecular weight excluding hydrogens is 334 g/mol. The van der Waals surface area contributed by atoms with Gasteiger partial charge >= 0.3 is 0 Å². The summed E-state index contributed by atoms with van der Waals surface area (Å²) in [5.74, 6) is -0.0516. The topological polar surface area (TPSA) is 147 Å². The van der Waals surface area contributed by atoms with Crippen molar-refractivity contribution >= 4 is 17.1 Å². The molecule has 138 valence electrons. The van der Waals surface area contributed by atoms with E-state index in [9.17, 15) is 9.90 Å². The van der Waals surface area contributed by atoms with Crippen LogP contribution in [0.1, 0.15) is 13.2 Å². The van der Waals surface area contributed by atoms with Gasteiger partial charge < -0.3 is 29.8 Å². The Morgan fingerprint density at radius 2 is 2.32 bits per heavy atom. The van der Waals surface area contributed by atoms with Crippen molar-refractivity contribution in [1.29, 1.82) is 0 Å². The van der Waals surface area contributed by atoms with E-state index in [1.165, 1.54) is 18.0 Å². The molecule has 1 fully saturated rings. The van der Waals surface area contributed by atoms with Crippen LogP contribution in [0.15, 0.2) is 11.1 Å². The number of nitrogen functional groups attached to an aromatic ring is 1. The third-order valence-corrected chi connectivity index (χ3v) is 3.91. The van der Waals surface area contributed by atoms with Crippen molar-refractivity contribution in [2.24, 2.45) is 0 Å².